The zero-order valence-electron chi connectivity index (χ0n) is 15.1. The summed E-state index contributed by atoms with van der Waals surface area (Å²) in [7, 11) is -1.65. The molecule has 130 valence electrons. The molecular formula is C16H27NO5Si. The summed E-state index contributed by atoms with van der Waals surface area (Å²) in [5.74, 6) is 0.0170. The van der Waals surface area contributed by atoms with Crippen molar-refractivity contribution in [1.82, 2.24) is 4.90 Å². The minimum absolute atomic E-state index is 0.0151. The summed E-state index contributed by atoms with van der Waals surface area (Å²) < 4.78 is 10.5. The molecule has 0 aliphatic carbocycles. The lowest BCUT2D eigenvalue weighted by molar-refractivity contribution is -0.180. The smallest absolute Gasteiger partial charge is 0.430 e. The number of carbonyl (C=O) groups excluding carboxylic acids is 3. The van der Waals surface area contributed by atoms with E-state index in [2.05, 4.69) is 13.1 Å². The Morgan fingerprint density at radius 2 is 1.91 bits per heavy atom. The molecule has 3 atom stereocenters. The van der Waals surface area contributed by atoms with Gasteiger partial charge in [-0.25, -0.2) is 4.79 Å². The molecule has 23 heavy (non-hydrogen) atoms. The van der Waals surface area contributed by atoms with Crippen molar-refractivity contribution in [2.45, 2.75) is 76.4 Å². The lowest BCUT2D eigenvalue weighted by Crippen LogP contribution is -2.79. The molecule has 7 heteroatoms. The number of β-lactam (4-membered cyclic amide) rings is 1. The Balaban J connectivity index is 2.55. The lowest BCUT2D eigenvalue weighted by Gasteiger charge is -2.65. The van der Waals surface area contributed by atoms with Crippen molar-refractivity contribution in [3.8, 4) is 0 Å². The average molecular weight is 341 g/mol. The van der Waals surface area contributed by atoms with E-state index < -0.39 is 25.6 Å². The number of cyclic esters (lactones) is 2. The van der Waals surface area contributed by atoms with Crippen LogP contribution in [-0.4, -0.2) is 55.3 Å². The van der Waals surface area contributed by atoms with Crippen LogP contribution in [0.15, 0.2) is 0 Å². The number of hydrogen-bond donors (Lipinski definition) is 0. The van der Waals surface area contributed by atoms with Gasteiger partial charge in [-0.2, -0.15) is 0 Å². The van der Waals surface area contributed by atoms with E-state index in [0.29, 0.717) is 0 Å². The summed E-state index contributed by atoms with van der Waals surface area (Å²) in [4.78, 5) is 38.5. The van der Waals surface area contributed by atoms with Crippen LogP contribution >= 0.6 is 0 Å². The third kappa shape index (κ3) is 2.40. The fourth-order valence-electron chi connectivity index (χ4n) is 4.38. The summed E-state index contributed by atoms with van der Waals surface area (Å²) in [6.07, 6.45) is -0.452. The first-order valence-corrected chi connectivity index (χ1v) is 11.0. The molecule has 2 rings (SSSR count). The van der Waals surface area contributed by atoms with E-state index in [1.54, 1.807) is 11.8 Å². The summed E-state index contributed by atoms with van der Waals surface area (Å²) in [6.45, 7) is 13.4. The first kappa shape index (κ1) is 18.0. The number of carbonyl (C=O) groups is 3. The van der Waals surface area contributed by atoms with Crippen molar-refractivity contribution in [3.63, 3.8) is 0 Å². The highest BCUT2D eigenvalue weighted by molar-refractivity contribution is 6.66. The topological polar surface area (TPSA) is 72.9 Å². The van der Waals surface area contributed by atoms with Gasteiger partial charge in [-0.05, 0) is 34.6 Å². The molecule has 3 unspecified atom stereocenters. The highest BCUT2D eigenvalue weighted by Gasteiger charge is 2.75. The summed E-state index contributed by atoms with van der Waals surface area (Å²) in [5.41, 5.74) is -1.38. The number of likely N-dealkylation sites (tertiary alicyclic amines) is 1. The van der Waals surface area contributed by atoms with E-state index in [9.17, 15) is 14.4 Å². The van der Waals surface area contributed by atoms with Crippen LogP contribution in [0.5, 0.6) is 0 Å². The maximum absolute atomic E-state index is 13.3. The number of nitrogens with zero attached hydrogens (tertiary/aromatic N) is 1. The predicted molar refractivity (Wildman–Crippen MR) is 88.1 cm³/mol. The Morgan fingerprint density at radius 3 is 2.26 bits per heavy atom. The summed E-state index contributed by atoms with van der Waals surface area (Å²) in [5, 5.41) is -0.807. The molecule has 0 aromatic heterocycles. The number of amides is 1. The second kappa shape index (κ2) is 5.33. The number of hydrogen-bond acceptors (Lipinski definition) is 5. The molecule has 1 amide bonds. The minimum Gasteiger partial charge on any atom is -0.430 e. The fraction of sp³-hybridized carbons (Fsp3) is 0.812. The van der Waals surface area contributed by atoms with Gasteiger partial charge in [-0.15, -0.1) is 0 Å². The molecule has 0 aromatic rings. The normalized spacial score (nSPS) is 34.3. The third-order valence-corrected chi connectivity index (χ3v) is 8.24. The molecule has 2 aliphatic rings. The van der Waals surface area contributed by atoms with Crippen LogP contribution < -0.4 is 0 Å². The van der Waals surface area contributed by atoms with Gasteiger partial charge in [-0.1, -0.05) is 13.1 Å². The maximum atomic E-state index is 13.3. The number of rotatable bonds is 4. The average Bonchev–Trinajstić information content (AvgIpc) is 2.66. The quantitative estimate of drug-likeness (QED) is 0.445. The van der Waals surface area contributed by atoms with Gasteiger partial charge in [0.25, 0.3) is 0 Å². The second-order valence-electron chi connectivity index (χ2n) is 8.16. The van der Waals surface area contributed by atoms with Crippen LogP contribution in [0.1, 0.15) is 41.0 Å². The highest BCUT2D eigenvalue weighted by atomic mass is 28.3. The molecule has 0 saturated carbocycles. The van der Waals surface area contributed by atoms with Crippen molar-refractivity contribution >= 4 is 26.6 Å². The fourth-order valence-corrected chi connectivity index (χ4v) is 7.41. The SMILES string of the molecule is CC(=O)CC1N(C(C)(C)C)C(=O)C1([SiH](C)C)C1(C)COC(=O)O1. The van der Waals surface area contributed by atoms with Gasteiger partial charge >= 0.3 is 6.16 Å². The molecular weight excluding hydrogens is 314 g/mol. The Labute approximate surface area is 139 Å². The van der Waals surface area contributed by atoms with Crippen molar-refractivity contribution in [2.75, 3.05) is 6.61 Å². The van der Waals surface area contributed by atoms with Gasteiger partial charge < -0.3 is 14.4 Å². The highest BCUT2D eigenvalue weighted by Crippen LogP contribution is 2.61. The van der Waals surface area contributed by atoms with E-state index in [1.165, 1.54) is 6.92 Å². The van der Waals surface area contributed by atoms with Crippen molar-refractivity contribution < 1.29 is 23.9 Å². The van der Waals surface area contributed by atoms with Gasteiger partial charge in [0.1, 0.15) is 17.4 Å². The lowest BCUT2D eigenvalue weighted by atomic mass is 9.70. The molecule has 2 heterocycles. The number of ketones is 1. The Bertz CT molecular complexity index is 555. The van der Waals surface area contributed by atoms with E-state index in [1.807, 2.05) is 20.8 Å². The van der Waals surface area contributed by atoms with Gasteiger partial charge in [-0.3, -0.25) is 9.59 Å². The van der Waals surface area contributed by atoms with Crippen LogP contribution in [0.2, 0.25) is 18.1 Å². The summed E-state index contributed by atoms with van der Waals surface area (Å²) in [6, 6.07) is -0.251. The number of Topliss-reactive ketones (excluding diaryl/α,β-unsaturated/α-hetero) is 1. The Kier molecular flexibility index (Phi) is 4.16. The van der Waals surface area contributed by atoms with Crippen molar-refractivity contribution in [2.24, 2.45) is 0 Å². The van der Waals surface area contributed by atoms with Crippen LogP contribution in [0.25, 0.3) is 0 Å². The molecule has 0 radical (unpaired) electrons. The number of ether oxygens (including phenoxy) is 2. The van der Waals surface area contributed by atoms with Gasteiger partial charge in [0.05, 0.1) is 14.8 Å². The van der Waals surface area contributed by atoms with Crippen LogP contribution in [-0.2, 0) is 19.1 Å². The molecule has 0 N–H and O–H groups in total. The molecule has 6 nitrogen and oxygen atoms in total. The zero-order chi connectivity index (χ0) is 17.8. The molecule has 2 aliphatic heterocycles. The largest absolute Gasteiger partial charge is 0.509 e. The second-order valence-corrected chi connectivity index (χ2v) is 11.4. The molecule has 0 aromatic carbocycles. The predicted octanol–water partition coefficient (Wildman–Crippen LogP) is 2.13. The van der Waals surface area contributed by atoms with Crippen molar-refractivity contribution in [1.29, 1.82) is 0 Å². The molecule has 2 fully saturated rings. The van der Waals surface area contributed by atoms with Gasteiger partial charge in [0.2, 0.25) is 5.91 Å². The first-order chi connectivity index (χ1) is 10.4. The Hall–Kier alpha value is -1.37. The zero-order valence-corrected chi connectivity index (χ0v) is 16.2. The van der Waals surface area contributed by atoms with Crippen LogP contribution in [0, 0.1) is 0 Å². The van der Waals surface area contributed by atoms with E-state index in [0.717, 1.165) is 0 Å². The Morgan fingerprint density at radius 1 is 1.35 bits per heavy atom. The molecule has 0 spiro atoms. The minimum atomic E-state index is -1.65. The first-order valence-electron chi connectivity index (χ1n) is 8.07. The van der Waals surface area contributed by atoms with Gasteiger partial charge in [0.15, 0.2) is 5.60 Å². The third-order valence-electron chi connectivity index (χ3n) is 5.17. The van der Waals surface area contributed by atoms with E-state index in [-0.39, 0.29) is 36.3 Å². The van der Waals surface area contributed by atoms with Gasteiger partial charge in [0, 0.05) is 12.0 Å². The molecule has 0 bridgehead atoms. The van der Waals surface area contributed by atoms with E-state index >= 15 is 0 Å². The monoisotopic (exact) mass is 341 g/mol. The van der Waals surface area contributed by atoms with E-state index in [4.69, 9.17) is 9.47 Å². The summed E-state index contributed by atoms with van der Waals surface area (Å²) >= 11 is 0. The maximum Gasteiger partial charge on any atom is 0.509 e. The molecule has 2 saturated heterocycles. The standard InChI is InChI=1S/C16H27NO5Si/c1-10(18)8-11-16(23(6)7,12(19)17(11)14(2,3)4)15(5)9-21-13(20)22-15/h11,23H,8-9H2,1-7H3. The van der Waals surface area contributed by atoms with Crippen LogP contribution in [0.4, 0.5) is 4.79 Å². The van der Waals surface area contributed by atoms with Crippen LogP contribution in [0.3, 0.4) is 0 Å². The van der Waals surface area contributed by atoms with Crippen molar-refractivity contribution in [3.05, 3.63) is 0 Å².